The van der Waals surface area contributed by atoms with Crippen molar-refractivity contribution in [2.45, 2.75) is 11.8 Å². The lowest BCUT2D eigenvalue weighted by atomic mass is 10.3. The van der Waals surface area contributed by atoms with Gasteiger partial charge in [0, 0.05) is 12.3 Å². The Kier molecular flexibility index (Phi) is 3.79. The summed E-state index contributed by atoms with van der Waals surface area (Å²) in [5, 5.41) is 1.14. The van der Waals surface area contributed by atoms with Crippen LogP contribution in [0.2, 0.25) is 0 Å². The predicted octanol–water partition coefficient (Wildman–Crippen LogP) is 0.741. The number of Topliss-reactive ketones (excluding diaryl/α,β-unsaturated/α-hetero) is 1. The lowest BCUT2D eigenvalue weighted by molar-refractivity contribution is -0.139. The van der Waals surface area contributed by atoms with Gasteiger partial charge >= 0.3 is 5.97 Å². The monoisotopic (exact) mass is 264 g/mol. The molecule has 1 N–H and O–H groups in total. The molecule has 0 aliphatic rings. The summed E-state index contributed by atoms with van der Waals surface area (Å²) in [6, 6.07) is 1.03. The van der Waals surface area contributed by atoms with Gasteiger partial charge in [-0.2, -0.15) is 8.42 Å². The summed E-state index contributed by atoms with van der Waals surface area (Å²) in [5.74, 6) is -1.12. The van der Waals surface area contributed by atoms with Crippen molar-refractivity contribution in [3.05, 3.63) is 16.3 Å². The zero-order chi connectivity index (χ0) is 12.3. The van der Waals surface area contributed by atoms with Gasteiger partial charge in [0.1, 0.15) is 4.90 Å². The van der Waals surface area contributed by atoms with E-state index < -0.39 is 28.5 Å². The van der Waals surface area contributed by atoms with Crippen molar-refractivity contribution >= 4 is 33.2 Å². The molecule has 1 heterocycles. The van der Waals surface area contributed by atoms with E-state index in [1.54, 1.807) is 0 Å². The Hall–Kier alpha value is -1.25. The van der Waals surface area contributed by atoms with Crippen molar-refractivity contribution in [1.29, 1.82) is 0 Å². The third-order valence-electron chi connectivity index (χ3n) is 1.55. The molecule has 1 aromatic rings. The van der Waals surface area contributed by atoms with Crippen LogP contribution in [0.1, 0.15) is 16.6 Å². The molecule has 0 spiro atoms. The van der Waals surface area contributed by atoms with Gasteiger partial charge in [-0.05, 0) is 6.07 Å². The van der Waals surface area contributed by atoms with Crippen molar-refractivity contribution in [3.8, 4) is 0 Å². The van der Waals surface area contributed by atoms with Crippen molar-refractivity contribution in [2.75, 3.05) is 6.61 Å². The second-order valence-corrected chi connectivity index (χ2v) is 5.16. The maximum Gasteiger partial charge on any atom is 0.303 e. The summed E-state index contributed by atoms with van der Waals surface area (Å²) in [6.07, 6.45) is 0. The van der Waals surface area contributed by atoms with E-state index in [9.17, 15) is 18.0 Å². The van der Waals surface area contributed by atoms with Crippen LogP contribution < -0.4 is 0 Å². The number of ether oxygens (including phenoxy) is 1. The molecule has 8 heteroatoms. The molecular weight excluding hydrogens is 256 g/mol. The van der Waals surface area contributed by atoms with Crippen molar-refractivity contribution in [2.24, 2.45) is 0 Å². The first-order valence-corrected chi connectivity index (χ1v) is 6.35. The van der Waals surface area contributed by atoms with E-state index in [1.807, 2.05) is 0 Å². The molecule has 0 bridgehead atoms. The van der Waals surface area contributed by atoms with Crippen molar-refractivity contribution < 1.29 is 27.3 Å². The zero-order valence-corrected chi connectivity index (χ0v) is 9.80. The summed E-state index contributed by atoms with van der Waals surface area (Å²) in [4.78, 5) is 21.5. The highest BCUT2D eigenvalue weighted by atomic mass is 32.2. The van der Waals surface area contributed by atoms with E-state index >= 15 is 0 Å². The van der Waals surface area contributed by atoms with Crippen LogP contribution in [0.15, 0.2) is 16.3 Å². The van der Waals surface area contributed by atoms with Gasteiger partial charge in [-0.15, -0.1) is 11.3 Å². The molecule has 0 saturated carbocycles. The molecule has 0 saturated heterocycles. The van der Waals surface area contributed by atoms with E-state index in [4.69, 9.17) is 4.55 Å². The van der Waals surface area contributed by atoms with E-state index in [0.717, 1.165) is 29.7 Å². The SMILES string of the molecule is CC(=O)OCC(=O)c1cc(S(=O)(=O)O)cs1. The van der Waals surface area contributed by atoms with Gasteiger partial charge in [-0.1, -0.05) is 0 Å². The quantitative estimate of drug-likeness (QED) is 0.489. The summed E-state index contributed by atoms with van der Waals surface area (Å²) in [7, 11) is -4.30. The molecule has 6 nitrogen and oxygen atoms in total. The van der Waals surface area contributed by atoms with E-state index in [1.165, 1.54) is 0 Å². The normalized spacial score (nSPS) is 11.1. The lowest BCUT2D eigenvalue weighted by Crippen LogP contribution is -2.10. The average Bonchev–Trinajstić information content (AvgIpc) is 2.61. The Morgan fingerprint density at radius 3 is 2.56 bits per heavy atom. The Bertz CT molecular complexity index is 512. The summed E-state index contributed by atoms with van der Waals surface area (Å²) < 4.78 is 34.5. The highest BCUT2D eigenvalue weighted by Crippen LogP contribution is 2.19. The van der Waals surface area contributed by atoms with Crippen LogP contribution in [0.3, 0.4) is 0 Å². The maximum absolute atomic E-state index is 11.3. The number of thiophene rings is 1. The Balaban J connectivity index is 2.79. The molecule has 0 aliphatic carbocycles. The van der Waals surface area contributed by atoms with Crippen molar-refractivity contribution in [1.82, 2.24) is 0 Å². The number of ketones is 1. The fraction of sp³-hybridized carbons (Fsp3) is 0.250. The molecule has 1 aromatic heterocycles. The number of hydrogen-bond acceptors (Lipinski definition) is 6. The Morgan fingerprint density at radius 1 is 1.50 bits per heavy atom. The molecule has 0 atom stereocenters. The molecule has 88 valence electrons. The maximum atomic E-state index is 11.3. The number of hydrogen-bond donors (Lipinski definition) is 1. The number of esters is 1. The van der Waals surface area contributed by atoms with Crippen LogP contribution in [-0.4, -0.2) is 31.3 Å². The summed E-state index contributed by atoms with van der Waals surface area (Å²) in [6.45, 7) is 0.714. The van der Waals surface area contributed by atoms with Crippen LogP contribution in [0.4, 0.5) is 0 Å². The summed E-state index contributed by atoms with van der Waals surface area (Å²) >= 11 is 0.856. The Labute approximate surface area is 95.6 Å². The molecule has 0 fully saturated rings. The molecule has 0 amide bonds. The van der Waals surface area contributed by atoms with Crippen molar-refractivity contribution in [3.63, 3.8) is 0 Å². The van der Waals surface area contributed by atoms with Gasteiger partial charge in [0.25, 0.3) is 10.1 Å². The molecule has 16 heavy (non-hydrogen) atoms. The van der Waals surface area contributed by atoms with E-state index in [0.29, 0.717) is 0 Å². The Morgan fingerprint density at radius 2 is 2.12 bits per heavy atom. The third-order valence-corrected chi connectivity index (χ3v) is 3.51. The standard InChI is InChI=1S/C8H8O6S2/c1-5(9)14-3-7(10)8-2-6(4-15-8)16(11,12)13/h2,4H,3H2,1H3,(H,11,12,13). The van der Waals surface area contributed by atoms with Crippen LogP contribution >= 0.6 is 11.3 Å². The first-order valence-electron chi connectivity index (χ1n) is 4.03. The topological polar surface area (TPSA) is 97.7 Å². The molecule has 0 unspecified atom stereocenters. The van der Waals surface area contributed by atoms with Crippen LogP contribution in [0, 0.1) is 0 Å². The minimum absolute atomic E-state index is 0.105. The van der Waals surface area contributed by atoms with Gasteiger partial charge in [0.05, 0.1) is 4.88 Å². The highest BCUT2D eigenvalue weighted by molar-refractivity contribution is 7.86. The van der Waals surface area contributed by atoms with Gasteiger partial charge in [0.15, 0.2) is 6.61 Å². The second kappa shape index (κ2) is 4.73. The summed E-state index contributed by atoms with van der Waals surface area (Å²) in [5.41, 5.74) is 0. The number of carbonyl (C=O) groups is 2. The average molecular weight is 264 g/mol. The van der Waals surface area contributed by atoms with Crippen LogP contribution in [-0.2, 0) is 19.6 Å². The van der Waals surface area contributed by atoms with Gasteiger partial charge in [-0.3, -0.25) is 14.1 Å². The fourth-order valence-electron chi connectivity index (χ4n) is 0.839. The molecule has 1 rings (SSSR count). The first-order chi connectivity index (χ1) is 7.30. The smallest absolute Gasteiger partial charge is 0.303 e. The van der Waals surface area contributed by atoms with Gasteiger partial charge in [0.2, 0.25) is 5.78 Å². The first kappa shape index (κ1) is 12.8. The second-order valence-electron chi connectivity index (χ2n) is 2.83. The minimum Gasteiger partial charge on any atom is -0.457 e. The lowest BCUT2D eigenvalue weighted by Gasteiger charge is -1.97. The molecule has 0 radical (unpaired) electrons. The number of rotatable bonds is 4. The number of carbonyl (C=O) groups excluding carboxylic acids is 2. The molecule has 0 aromatic carbocycles. The molecule has 0 aliphatic heterocycles. The van der Waals surface area contributed by atoms with E-state index in [-0.39, 0.29) is 9.77 Å². The van der Waals surface area contributed by atoms with Crippen LogP contribution in [0.25, 0.3) is 0 Å². The third kappa shape index (κ3) is 3.40. The fourth-order valence-corrected chi connectivity index (χ4v) is 2.51. The molecular formula is C8H8O6S2. The van der Waals surface area contributed by atoms with Crippen LogP contribution in [0.5, 0.6) is 0 Å². The van der Waals surface area contributed by atoms with E-state index in [2.05, 4.69) is 4.74 Å². The minimum atomic E-state index is -4.30. The highest BCUT2D eigenvalue weighted by Gasteiger charge is 2.16. The largest absolute Gasteiger partial charge is 0.457 e. The predicted molar refractivity (Wildman–Crippen MR) is 55.1 cm³/mol. The zero-order valence-electron chi connectivity index (χ0n) is 8.17. The van der Waals surface area contributed by atoms with Gasteiger partial charge in [-0.25, -0.2) is 0 Å². The van der Waals surface area contributed by atoms with Gasteiger partial charge < -0.3 is 4.74 Å².